The Morgan fingerprint density at radius 2 is 1.83 bits per heavy atom. The third kappa shape index (κ3) is 3.89. The van der Waals surface area contributed by atoms with E-state index in [0.29, 0.717) is 10.9 Å². The number of anilines is 1. The lowest BCUT2D eigenvalue weighted by Gasteiger charge is -2.13. The molecule has 0 aliphatic rings. The van der Waals surface area contributed by atoms with E-state index in [0.717, 1.165) is 10.9 Å². The standard InChI is InChI=1S/C15H12F3NO3S/c1-7-3-6-11(23-7)15(21)22-8(2)14(20)19-10-5-4-9(16)12(17)13(10)18/h3-6,8H,1-2H3,(H,19,20)/t8-/m0/s1. The van der Waals surface area contributed by atoms with Crippen LogP contribution in [0.25, 0.3) is 0 Å². The van der Waals surface area contributed by atoms with Gasteiger partial charge in [-0.25, -0.2) is 18.0 Å². The number of rotatable bonds is 4. The van der Waals surface area contributed by atoms with Crippen molar-refractivity contribution in [3.8, 4) is 0 Å². The normalized spacial score (nSPS) is 11.9. The van der Waals surface area contributed by atoms with E-state index in [1.165, 1.54) is 18.3 Å². The predicted octanol–water partition coefficient (Wildman–Crippen LogP) is 3.66. The zero-order valence-corrected chi connectivity index (χ0v) is 13.0. The van der Waals surface area contributed by atoms with Gasteiger partial charge in [-0.3, -0.25) is 4.79 Å². The number of benzene rings is 1. The van der Waals surface area contributed by atoms with Gasteiger partial charge in [0, 0.05) is 4.88 Å². The van der Waals surface area contributed by atoms with Crippen molar-refractivity contribution < 1.29 is 27.5 Å². The second-order valence-corrected chi connectivity index (χ2v) is 5.96. The van der Waals surface area contributed by atoms with Crippen LogP contribution in [-0.2, 0) is 9.53 Å². The van der Waals surface area contributed by atoms with Crippen LogP contribution in [0.2, 0.25) is 0 Å². The summed E-state index contributed by atoms with van der Waals surface area (Å²) in [6.07, 6.45) is -1.24. The first-order valence-electron chi connectivity index (χ1n) is 6.51. The molecule has 0 unspecified atom stereocenters. The fourth-order valence-electron chi connectivity index (χ4n) is 1.67. The van der Waals surface area contributed by atoms with Gasteiger partial charge in [0.15, 0.2) is 23.6 Å². The highest BCUT2D eigenvalue weighted by Crippen LogP contribution is 2.20. The number of aryl methyl sites for hydroxylation is 1. The average Bonchev–Trinajstić information content (AvgIpc) is 2.94. The quantitative estimate of drug-likeness (QED) is 0.681. The maximum atomic E-state index is 13.5. The summed E-state index contributed by atoms with van der Waals surface area (Å²) in [6.45, 7) is 3.09. The van der Waals surface area contributed by atoms with Gasteiger partial charge in [-0.05, 0) is 38.1 Å². The lowest BCUT2D eigenvalue weighted by molar-refractivity contribution is -0.123. The summed E-state index contributed by atoms with van der Waals surface area (Å²) in [7, 11) is 0. The Morgan fingerprint density at radius 3 is 2.43 bits per heavy atom. The van der Waals surface area contributed by atoms with Gasteiger partial charge in [-0.15, -0.1) is 11.3 Å². The number of halogens is 3. The number of amides is 1. The molecule has 0 bridgehead atoms. The van der Waals surface area contributed by atoms with Crippen LogP contribution in [0.15, 0.2) is 24.3 Å². The van der Waals surface area contributed by atoms with Gasteiger partial charge >= 0.3 is 5.97 Å². The summed E-state index contributed by atoms with van der Waals surface area (Å²) in [5.74, 6) is -6.15. The van der Waals surface area contributed by atoms with Crippen molar-refractivity contribution in [2.75, 3.05) is 5.32 Å². The van der Waals surface area contributed by atoms with Crippen LogP contribution in [-0.4, -0.2) is 18.0 Å². The van der Waals surface area contributed by atoms with E-state index < -0.39 is 41.1 Å². The molecule has 0 fully saturated rings. The molecule has 0 radical (unpaired) electrons. The second kappa shape index (κ2) is 6.82. The van der Waals surface area contributed by atoms with Crippen LogP contribution in [0.1, 0.15) is 21.5 Å². The molecule has 122 valence electrons. The van der Waals surface area contributed by atoms with Gasteiger partial charge < -0.3 is 10.1 Å². The zero-order chi connectivity index (χ0) is 17.1. The lowest BCUT2D eigenvalue weighted by Crippen LogP contribution is -2.30. The van der Waals surface area contributed by atoms with Gasteiger partial charge in [-0.2, -0.15) is 0 Å². The fraction of sp³-hybridized carbons (Fsp3) is 0.200. The molecule has 4 nitrogen and oxygen atoms in total. The molecule has 1 amide bonds. The molecule has 2 rings (SSSR count). The van der Waals surface area contributed by atoms with E-state index in [1.807, 2.05) is 12.2 Å². The number of ether oxygens (including phenoxy) is 1. The number of carbonyl (C=O) groups excluding carboxylic acids is 2. The second-order valence-electron chi connectivity index (χ2n) is 4.67. The first kappa shape index (κ1) is 17.0. The molecule has 2 aromatic rings. The summed E-state index contributed by atoms with van der Waals surface area (Å²) >= 11 is 1.20. The van der Waals surface area contributed by atoms with E-state index in [9.17, 15) is 22.8 Å². The smallest absolute Gasteiger partial charge is 0.349 e. The predicted molar refractivity (Wildman–Crippen MR) is 78.9 cm³/mol. The molecular weight excluding hydrogens is 331 g/mol. The molecule has 1 heterocycles. The van der Waals surface area contributed by atoms with E-state index in [4.69, 9.17) is 4.74 Å². The third-order valence-corrected chi connectivity index (χ3v) is 3.87. The minimum Gasteiger partial charge on any atom is -0.448 e. The monoisotopic (exact) mass is 343 g/mol. The topological polar surface area (TPSA) is 55.4 Å². The van der Waals surface area contributed by atoms with Crippen molar-refractivity contribution in [2.24, 2.45) is 0 Å². The average molecular weight is 343 g/mol. The van der Waals surface area contributed by atoms with Gasteiger partial charge in [-0.1, -0.05) is 0 Å². The zero-order valence-electron chi connectivity index (χ0n) is 12.2. The van der Waals surface area contributed by atoms with Crippen molar-refractivity contribution in [3.63, 3.8) is 0 Å². The molecule has 1 aromatic carbocycles. The van der Waals surface area contributed by atoms with Crippen LogP contribution in [0.3, 0.4) is 0 Å². The SMILES string of the molecule is Cc1ccc(C(=O)O[C@@H](C)C(=O)Nc2ccc(F)c(F)c2F)s1. The van der Waals surface area contributed by atoms with Crippen molar-refractivity contribution in [2.45, 2.75) is 20.0 Å². The van der Waals surface area contributed by atoms with Crippen LogP contribution < -0.4 is 5.32 Å². The molecule has 1 N–H and O–H groups in total. The largest absolute Gasteiger partial charge is 0.448 e. The summed E-state index contributed by atoms with van der Waals surface area (Å²) in [6, 6.07) is 4.84. The Bertz CT molecular complexity index is 760. The summed E-state index contributed by atoms with van der Waals surface area (Å²) in [5.41, 5.74) is -0.538. The van der Waals surface area contributed by atoms with E-state index in [1.54, 1.807) is 12.1 Å². The number of carbonyl (C=O) groups is 2. The molecular formula is C15H12F3NO3S. The van der Waals surface area contributed by atoms with Crippen LogP contribution in [0, 0.1) is 24.4 Å². The summed E-state index contributed by atoms with van der Waals surface area (Å²) in [4.78, 5) is 24.9. The Balaban J connectivity index is 2.03. The van der Waals surface area contributed by atoms with Crippen molar-refractivity contribution in [1.82, 2.24) is 0 Å². The maximum Gasteiger partial charge on any atom is 0.349 e. The highest BCUT2D eigenvalue weighted by Gasteiger charge is 2.22. The molecule has 23 heavy (non-hydrogen) atoms. The van der Waals surface area contributed by atoms with Crippen LogP contribution >= 0.6 is 11.3 Å². The first-order chi connectivity index (χ1) is 10.8. The van der Waals surface area contributed by atoms with Gasteiger partial charge in [0.25, 0.3) is 5.91 Å². The van der Waals surface area contributed by atoms with Crippen molar-refractivity contribution in [3.05, 3.63) is 51.5 Å². The molecule has 1 atom stereocenters. The van der Waals surface area contributed by atoms with E-state index in [-0.39, 0.29) is 0 Å². The van der Waals surface area contributed by atoms with Crippen LogP contribution in [0.4, 0.5) is 18.9 Å². The van der Waals surface area contributed by atoms with Gasteiger partial charge in [0.05, 0.1) is 5.69 Å². The Kier molecular flexibility index (Phi) is 5.05. The van der Waals surface area contributed by atoms with Gasteiger partial charge in [0.1, 0.15) is 4.88 Å². The highest BCUT2D eigenvalue weighted by atomic mass is 32.1. The molecule has 0 saturated carbocycles. The number of hydrogen-bond acceptors (Lipinski definition) is 4. The van der Waals surface area contributed by atoms with E-state index in [2.05, 4.69) is 0 Å². The van der Waals surface area contributed by atoms with Crippen molar-refractivity contribution >= 4 is 28.9 Å². The molecule has 0 saturated heterocycles. The Labute approximate surface area is 133 Å². The lowest BCUT2D eigenvalue weighted by atomic mass is 10.2. The highest BCUT2D eigenvalue weighted by molar-refractivity contribution is 7.13. The van der Waals surface area contributed by atoms with Gasteiger partial charge in [0.2, 0.25) is 0 Å². The Hall–Kier alpha value is -2.35. The Morgan fingerprint density at radius 1 is 1.13 bits per heavy atom. The first-order valence-corrected chi connectivity index (χ1v) is 7.33. The molecule has 0 aliphatic heterocycles. The molecule has 0 aliphatic carbocycles. The van der Waals surface area contributed by atoms with Crippen molar-refractivity contribution in [1.29, 1.82) is 0 Å². The molecule has 1 aromatic heterocycles. The third-order valence-electron chi connectivity index (χ3n) is 2.89. The maximum absolute atomic E-state index is 13.5. The minimum absolute atomic E-state index is 0.321. The number of thiophene rings is 1. The molecule has 0 spiro atoms. The number of nitrogens with one attached hydrogen (secondary N) is 1. The summed E-state index contributed by atoms with van der Waals surface area (Å²) < 4.78 is 44.3. The fourth-order valence-corrected chi connectivity index (χ4v) is 2.42. The minimum atomic E-state index is -1.69. The number of hydrogen-bond donors (Lipinski definition) is 1. The van der Waals surface area contributed by atoms with E-state index >= 15 is 0 Å². The summed E-state index contributed by atoms with van der Waals surface area (Å²) in [5, 5.41) is 2.05. The number of esters is 1. The molecule has 8 heteroatoms. The van der Waals surface area contributed by atoms with Crippen LogP contribution in [0.5, 0.6) is 0 Å².